The zero-order chi connectivity index (χ0) is 5.54. The van der Waals surface area contributed by atoms with Gasteiger partial charge >= 0.3 is 0 Å². The van der Waals surface area contributed by atoms with Gasteiger partial charge in [-0.25, -0.2) is 0 Å². The maximum Gasteiger partial charge on any atom is 0.0573 e. The Morgan fingerprint density at radius 2 is 2.43 bits per heavy atom. The van der Waals surface area contributed by atoms with Crippen LogP contribution in [0.15, 0.2) is 0 Å². The Labute approximate surface area is 45.1 Å². The number of terminal acetylenes is 1. The first kappa shape index (κ1) is 6.52. The smallest absolute Gasteiger partial charge is 0.0573 e. The molecule has 0 unspecified atom stereocenters. The maximum absolute atomic E-state index is 4.94. The Morgan fingerprint density at radius 1 is 1.71 bits per heavy atom. The minimum absolute atomic E-state index is 0.662. The second-order valence-corrected chi connectivity index (χ2v) is 1.23. The molecule has 1 nitrogen and oxygen atoms in total. The average Bonchev–Trinajstić information content (AvgIpc) is 1.69. The van der Waals surface area contributed by atoms with Gasteiger partial charge in [-0.1, -0.05) is 12.8 Å². The molecule has 0 aliphatic heterocycles. The maximum atomic E-state index is 4.94. The Balaban J connectivity index is 2.60. The molecule has 0 atom stereocenters. The molecule has 0 aromatic heterocycles. The molecule has 0 aromatic rings. The molecule has 0 fully saturated rings. The Morgan fingerprint density at radius 3 is 2.86 bits per heavy atom. The highest BCUT2D eigenvalue weighted by Gasteiger charge is 1.73. The van der Waals surface area contributed by atoms with Crippen LogP contribution in [0.2, 0.25) is 0 Å². The van der Waals surface area contributed by atoms with Crippen molar-refractivity contribution in [1.82, 2.24) is 5.32 Å². The molecule has 0 spiro atoms. The monoisotopic (exact) mass is 96.1 g/mol. The highest BCUT2D eigenvalue weighted by molar-refractivity contribution is 4.86. The van der Waals surface area contributed by atoms with Gasteiger partial charge in [-0.3, -0.25) is 0 Å². The van der Waals surface area contributed by atoms with Gasteiger partial charge in [0.25, 0.3) is 0 Å². The van der Waals surface area contributed by atoms with Crippen LogP contribution in [0.1, 0.15) is 6.42 Å². The first-order chi connectivity index (χ1) is 3.41. The fourth-order valence-electron chi connectivity index (χ4n) is 0.286. The Kier molecular flexibility index (Phi) is 5.14. The third-order valence-corrected chi connectivity index (χ3v) is 0.581. The first-order valence-corrected chi connectivity index (χ1v) is 2.35. The molecule has 0 aliphatic carbocycles. The molecule has 0 amide bonds. The summed E-state index contributed by atoms with van der Waals surface area (Å²) in [5, 5.41) is 2.99. The minimum Gasteiger partial charge on any atom is -0.306 e. The molecule has 0 rings (SSSR count). The topological polar surface area (TPSA) is 12.0 Å². The molecule has 7 heavy (non-hydrogen) atoms. The summed E-state index contributed by atoms with van der Waals surface area (Å²) < 4.78 is 0. The van der Waals surface area contributed by atoms with Crippen molar-refractivity contribution in [2.45, 2.75) is 6.42 Å². The fraction of sp³-hybridized carbons (Fsp3) is 0.500. The standard InChI is InChI=1S/C6H10N/c1-3-5-7-6-4-2/h1,7H,2,4-6H2. The van der Waals surface area contributed by atoms with Crippen LogP contribution < -0.4 is 5.32 Å². The third-order valence-electron chi connectivity index (χ3n) is 0.581. The summed E-state index contributed by atoms with van der Waals surface area (Å²) in [7, 11) is 0. The molecule has 1 radical (unpaired) electrons. The lowest BCUT2D eigenvalue weighted by atomic mass is 10.5. The van der Waals surface area contributed by atoms with Crippen molar-refractivity contribution in [3.63, 3.8) is 0 Å². The van der Waals surface area contributed by atoms with Gasteiger partial charge in [0.1, 0.15) is 0 Å². The Hall–Kier alpha value is -0.480. The van der Waals surface area contributed by atoms with E-state index in [0.29, 0.717) is 6.54 Å². The van der Waals surface area contributed by atoms with Crippen molar-refractivity contribution in [2.75, 3.05) is 13.1 Å². The number of hydrogen-bond donors (Lipinski definition) is 1. The molecule has 39 valence electrons. The van der Waals surface area contributed by atoms with E-state index in [9.17, 15) is 0 Å². The van der Waals surface area contributed by atoms with Gasteiger partial charge < -0.3 is 5.32 Å². The average molecular weight is 96.2 g/mol. The molecule has 0 heterocycles. The second-order valence-electron chi connectivity index (χ2n) is 1.23. The van der Waals surface area contributed by atoms with Crippen LogP contribution in [-0.4, -0.2) is 13.1 Å². The van der Waals surface area contributed by atoms with Gasteiger partial charge in [0.05, 0.1) is 6.54 Å². The van der Waals surface area contributed by atoms with Crippen LogP contribution in [0.4, 0.5) is 0 Å². The first-order valence-electron chi connectivity index (χ1n) is 2.35. The summed E-state index contributed by atoms with van der Waals surface area (Å²) in [6, 6.07) is 0. The van der Waals surface area contributed by atoms with Gasteiger partial charge in [0.15, 0.2) is 0 Å². The molecule has 0 bridgehead atoms. The molecular weight excluding hydrogens is 86.1 g/mol. The van der Waals surface area contributed by atoms with Crippen LogP contribution in [0, 0.1) is 19.3 Å². The van der Waals surface area contributed by atoms with Crippen LogP contribution in [0.5, 0.6) is 0 Å². The molecule has 0 aliphatic rings. The molecular formula is C6H10N. The normalized spacial score (nSPS) is 8.00. The Bertz CT molecular complexity index is 61.1. The zero-order valence-electron chi connectivity index (χ0n) is 4.41. The van der Waals surface area contributed by atoms with Gasteiger partial charge in [-0.05, 0) is 13.0 Å². The lowest BCUT2D eigenvalue weighted by molar-refractivity contribution is 0.765. The van der Waals surface area contributed by atoms with Crippen LogP contribution in [0.25, 0.3) is 0 Å². The SMILES string of the molecule is C#CCNCC[CH2]. The van der Waals surface area contributed by atoms with E-state index >= 15 is 0 Å². The summed E-state index contributed by atoms with van der Waals surface area (Å²) in [5.74, 6) is 2.46. The van der Waals surface area contributed by atoms with E-state index in [0.717, 1.165) is 13.0 Å². The molecule has 1 N–H and O–H groups in total. The van der Waals surface area contributed by atoms with Crippen LogP contribution in [-0.2, 0) is 0 Å². The predicted octanol–water partition coefficient (Wildman–Crippen LogP) is 0.433. The third kappa shape index (κ3) is 5.52. The van der Waals surface area contributed by atoms with Crippen molar-refractivity contribution in [2.24, 2.45) is 0 Å². The number of rotatable bonds is 3. The summed E-state index contributed by atoms with van der Waals surface area (Å²) >= 11 is 0. The predicted molar refractivity (Wildman–Crippen MR) is 31.7 cm³/mol. The van der Waals surface area contributed by atoms with Crippen molar-refractivity contribution in [3.05, 3.63) is 6.92 Å². The van der Waals surface area contributed by atoms with Crippen molar-refractivity contribution < 1.29 is 0 Å². The van der Waals surface area contributed by atoms with E-state index in [4.69, 9.17) is 6.42 Å². The van der Waals surface area contributed by atoms with E-state index in [1.165, 1.54) is 0 Å². The zero-order valence-corrected chi connectivity index (χ0v) is 4.41. The lowest BCUT2D eigenvalue weighted by Crippen LogP contribution is -2.13. The highest BCUT2D eigenvalue weighted by atomic mass is 14.8. The summed E-state index contributed by atoms with van der Waals surface area (Å²) in [5.41, 5.74) is 0. The van der Waals surface area contributed by atoms with Crippen molar-refractivity contribution >= 4 is 0 Å². The van der Waals surface area contributed by atoms with Crippen LogP contribution >= 0.6 is 0 Å². The molecule has 0 saturated heterocycles. The van der Waals surface area contributed by atoms with Crippen molar-refractivity contribution in [1.29, 1.82) is 0 Å². The number of hydrogen-bond acceptors (Lipinski definition) is 1. The van der Waals surface area contributed by atoms with Gasteiger partial charge in [-0.15, -0.1) is 6.42 Å². The summed E-state index contributed by atoms with van der Waals surface area (Å²) in [6.07, 6.45) is 5.84. The van der Waals surface area contributed by atoms with Gasteiger partial charge in [-0.2, -0.15) is 0 Å². The largest absolute Gasteiger partial charge is 0.306 e. The molecule has 0 aromatic carbocycles. The van der Waals surface area contributed by atoms with Gasteiger partial charge in [0.2, 0.25) is 0 Å². The fourth-order valence-corrected chi connectivity index (χ4v) is 0.286. The second kappa shape index (κ2) is 5.52. The highest BCUT2D eigenvalue weighted by Crippen LogP contribution is 1.64. The summed E-state index contributed by atoms with van der Waals surface area (Å²) in [6.45, 7) is 5.21. The lowest BCUT2D eigenvalue weighted by Gasteiger charge is -1.91. The summed E-state index contributed by atoms with van der Waals surface area (Å²) in [4.78, 5) is 0. The quantitative estimate of drug-likeness (QED) is 0.397. The number of nitrogens with one attached hydrogen (secondary N) is 1. The van der Waals surface area contributed by atoms with Crippen molar-refractivity contribution in [3.8, 4) is 12.3 Å². The van der Waals surface area contributed by atoms with E-state index in [2.05, 4.69) is 18.2 Å². The van der Waals surface area contributed by atoms with E-state index in [1.807, 2.05) is 0 Å². The van der Waals surface area contributed by atoms with E-state index in [1.54, 1.807) is 0 Å². The van der Waals surface area contributed by atoms with Crippen LogP contribution in [0.3, 0.4) is 0 Å². The van der Waals surface area contributed by atoms with Gasteiger partial charge in [0, 0.05) is 0 Å². The van der Waals surface area contributed by atoms with E-state index in [-0.39, 0.29) is 0 Å². The molecule has 1 heteroatoms. The minimum atomic E-state index is 0.662. The van der Waals surface area contributed by atoms with E-state index < -0.39 is 0 Å². The molecule has 0 saturated carbocycles.